The van der Waals surface area contributed by atoms with Crippen LogP contribution in [0.5, 0.6) is 11.5 Å². The van der Waals surface area contributed by atoms with Gasteiger partial charge in [-0.2, -0.15) is 0 Å². The Bertz CT molecular complexity index is 603. The smallest absolute Gasteiger partial charge is 0.260 e. The van der Waals surface area contributed by atoms with Gasteiger partial charge in [-0.15, -0.1) is 0 Å². The Balaban J connectivity index is 1.88. The second kappa shape index (κ2) is 10.0. The van der Waals surface area contributed by atoms with Gasteiger partial charge in [-0.25, -0.2) is 0 Å². The van der Waals surface area contributed by atoms with Crippen LogP contribution in [0, 0.1) is 0 Å². The summed E-state index contributed by atoms with van der Waals surface area (Å²) in [6, 6.07) is 7.38. The highest BCUT2D eigenvalue weighted by molar-refractivity contribution is 5.80. The number of methoxy groups -OCH3 is 1. The number of benzene rings is 1. The summed E-state index contributed by atoms with van der Waals surface area (Å²) < 4.78 is 10.8. The van der Waals surface area contributed by atoms with Gasteiger partial charge in [0.05, 0.1) is 13.7 Å². The molecule has 1 aromatic carbocycles. The summed E-state index contributed by atoms with van der Waals surface area (Å²) >= 11 is 0. The number of carbonyl (C=O) groups is 2. The number of para-hydroxylation sites is 2. The minimum Gasteiger partial charge on any atom is -0.493 e. The third kappa shape index (κ3) is 5.62. The molecule has 7 nitrogen and oxygen atoms in total. The van der Waals surface area contributed by atoms with Crippen molar-refractivity contribution in [2.45, 2.75) is 32.2 Å². The molecule has 1 N–H and O–H groups in total. The van der Waals surface area contributed by atoms with Gasteiger partial charge in [0.25, 0.3) is 5.91 Å². The van der Waals surface area contributed by atoms with Crippen LogP contribution in [0.1, 0.15) is 26.2 Å². The molecule has 2 rings (SSSR count). The molecule has 144 valence electrons. The van der Waals surface area contributed by atoms with Crippen LogP contribution in [0.25, 0.3) is 0 Å². The van der Waals surface area contributed by atoms with E-state index in [9.17, 15) is 9.59 Å². The lowest BCUT2D eigenvalue weighted by Gasteiger charge is -2.25. The summed E-state index contributed by atoms with van der Waals surface area (Å²) in [4.78, 5) is 28.1. The summed E-state index contributed by atoms with van der Waals surface area (Å²) in [6.45, 7) is 2.98. The Labute approximate surface area is 154 Å². The van der Waals surface area contributed by atoms with E-state index >= 15 is 0 Å². The predicted molar refractivity (Wildman–Crippen MR) is 97.2 cm³/mol. The molecule has 0 heterocycles. The van der Waals surface area contributed by atoms with Crippen molar-refractivity contribution in [1.29, 1.82) is 0 Å². The monoisotopic (exact) mass is 364 g/mol. The lowest BCUT2D eigenvalue weighted by atomic mass is 10.3. The Hall–Kier alpha value is -2.28. The van der Waals surface area contributed by atoms with Gasteiger partial charge in [0.15, 0.2) is 18.1 Å². The fourth-order valence-corrected chi connectivity index (χ4v) is 2.81. The number of rotatable bonds is 11. The highest BCUT2D eigenvalue weighted by Gasteiger charge is 2.33. The van der Waals surface area contributed by atoms with Crippen LogP contribution < -0.4 is 9.47 Å². The van der Waals surface area contributed by atoms with Crippen LogP contribution >= 0.6 is 0 Å². The molecule has 1 aliphatic carbocycles. The van der Waals surface area contributed by atoms with Crippen LogP contribution in [-0.4, -0.2) is 72.7 Å². The zero-order valence-corrected chi connectivity index (χ0v) is 15.5. The number of aliphatic hydroxyl groups excluding tert-OH is 1. The Morgan fingerprint density at radius 1 is 1.15 bits per heavy atom. The second-order valence-corrected chi connectivity index (χ2v) is 6.20. The zero-order valence-electron chi connectivity index (χ0n) is 15.5. The summed E-state index contributed by atoms with van der Waals surface area (Å²) in [5, 5.41) is 9.02. The van der Waals surface area contributed by atoms with Gasteiger partial charge in [0, 0.05) is 32.1 Å². The molecular formula is C19H28N2O5. The molecule has 26 heavy (non-hydrogen) atoms. The lowest BCUT2D eigenvalue weighted by Crippen LogP contribution is -2.41. The van der Waals surface area contributed by atoms with E-state index in [-0.39, 0.29) is 37.5 Å². The number of aliphatic hydroxyl groups is 1. The third-order valence-electron chi connectivity index (χ3n) is 4.40. The number of amides is 2. The van der Waals surface area contributed by atoms with E-state index in [0.717, 1.165) is 12.8 Å². The van der Waals surface area contributed by atoms with Crippen LogP contribution in [0.3, 0.4) is 0 Å². The Morgan fingerprint density at radius 3 is 2.42 bits per heavy atom. The summed E-state index contributed by atoms with van der Waals surface area (Å²) in [5.41, 5.74) is 0. The second-order valence-electron chi connectivity index (χ2n) is 6.20. The van der Waals surface area contributed by atoms with Crippen molar-refractivity contribution in [3.8, 4) is 11.5 Å². The first-order valence-electron chi connectivity index (χ1n) is 9.04. The summed E-state index contributed by atoms with van der Waals surface area (Å²) in [7, 11) is 1.55. The fourth-order valence-electron chi connectivity index (χ4n) is 2.81. The number of ether oxygens (including phenoxy) is 2. The van der Waals surface area contributed by atoms with Crippen molar-refractivity contribution in [2.24, 2.45) is 0 Å². The van der Waals surface area contributed by atoms with Crippen molar-refractivity contribution in [1.82, 2.24) is 9.80 Å². The van der Waals surface area contributed by atoms with Crippen LogP contribution in [0.2, 0.25) is 0 Å². The highest BCUT2D eigenvalue weighted by atomic mass is 16.5. The molecule has 0 aromatic heterocycles. The van der Waals surface area contributed by atoms with Crippen LogP contribution in [0.4, 0.5) is 0 Å². The molecule has 0 bridgehead atoms. The van der Waals surface area contributed by atoms with Crippen molar-refractivity contribution in [3.63, 3.8) is 0 Å². The lowest BCUT2D eigenvalue weighted by molar-refractivity contribution is -0.136. The number of likely N-dealkylation sites (N-methyl/N-ethyl adjacent to an activating group) is 1. The van der Waals surface area contributed by atoms with Crippen LogP contribution in [0.15, 0.2) is 24.3 Å². The van der Waals surface area contributed by atoms with Gasteiger partial charge in [-0.3, -0.25) is 9.59 Å². The fraction of sp³-hybridized carbons (Fsp3) is 0.579. The van der Waals surface area contributed by atoms with Gasteiger partial charge in [0.1, 0.15) is 0 Å². The molecule has 1 saturated carbocycles. The Morgan fingerprint density at radius 2 is 1.85 bits per heavy atom. The molecule has 0 unspecified atom stereocenters. The maximum absolute atomic E-state index is 12.6. The number of hydrogen-bond donors (Lipinski definition) is 1. The third-order valence-corrected chi connectivity index (χ3v) is 4.40. The quantitative estimate of drug-likeness (QED) is 0.640. The standard InChI is InChI=1S/C19H28N2O5/c1-3-20(12-13-22)18(23)10-11-21(15-8-9-15)19(24)14-26-17-7-5-4-6-16(17)25-2/h4-7,15,22H,3,8-14H2,1-2H3. The van der Waals surface area contributed by atoms with Gasteiger partial charge in [-0.1, -0.05) is 12.1 Å². The summed E-state index contributed by atoms with van der Waals surface area (Å²) in [6.07, 6.45) is 2.18. The molecule has 7 heteroatoms. The molecule has 0 atom stereocenters. The molecule has 0 aliphatic heterocycles. The van der Waals surface area contributed by atoms with Crippen molar-refractivity contribution in [3.05, 3.63) is 24.3 Å². The number of hydrogen-bond acceptors (Lipinski definition) is 5. The predicted octanol–water partition coefficient (Wildman–Crippen LogP) is 1.30. The Kier molecular flexibility index (Phi) is 7.72. The van der Waals surface area contributed by atoms with Gasteiger partial charge >= 0.3 is 0 Å². The number of carbonyl (C=O) groups excluding carboxylic acids is 2. The van der Waals surface area contributed by atoms with E-state index < -0.39 is 0 Å². The van der Waals surface area contributed by atoms with E-state index in [1.165, 1.54) is 0 Å². The zero-order chi connectivity index (χ0) is 18.9. The molecule has 0 radical (unpaired) electrons. The van der Waals surface area contributed by atoms with Gasteiger partial charge in [-0.05, 0) is 31.9 Å². The molecule has 1 fully saturated rings. The average Bonchev–Trinajstić information content (AvgIpc) is 3.49. The minimum atomic E-state index is -0.128. The highest BCUT2D eigenvalue weighted by Crippen LogP contribution is 2.28. The maximum Gasteiger partial charge on any atom is 0.260 e. The first kappa shape index (κ1) is 20.0. The number of nitrogens with zero attached hydrogens (tertiary/aromatic N) is 2. The van der Waals surface area contributed by atoms with E-state index in [0.29, 0.717) is 31.1 Å². The van der Waals surface area contributed by atoms with E-state index in [1.54, 1.807) is 29.0 Å². The van der Waals surface area contributed by atoms with Gasteiger partial charge in [0.2, 0.25) is 5.91 Å². The molecule has 0 spiro atoms. The molecule has 0 saturated heterocycles. The average molecular weight is 364 g/mol. The molecule has 2 amide bonds. The van der Waals surface area contributed by atoms with E-state index in [4.69, 9.17) is 14.6 Å². The van der Waals surface area contributed by atoms with Crippen LogP contribution in [-0.2, 0) is 9.59 Å². The van der Waals surface area contributed by atoms with Gasteiger partial charge < -0.3 is 24.4 Å². The first-order chi connectivity index (χ1) is 12.6. The summed E-state index contributed by atoms with van der Waals surface area (Å²) in [5.74, 6) is 0.924. The maximum atomic E-state index is 12.6. The normalized spacial score (nSPS) is 13.2. The molecular weight excluding hydrogens is 336 g/mol. The minimum absolute atomic E-state index is 0.0503. The van der Waals surface area contributed by atoms with E-state index in [1.807, 2.05) is 19.1 Å². The topological polar surface area (TPSA) is 79.3 Å². The molecule has 1 aliphatic rings. The van der Waals surface area contributed by atoms with E-state index in [2.05, 4.69) is 0 Å². The SMILES string of the molecule is CCN(CCO)C(=O)CCN(C(=O)COc1ccccc1OC)C1CC1. The van der Waals surface area contributed by atoms with Crippen molar-refractivity contribution < 1.29 is 24.2 Å². The largest absolute Gasteiger partial charge is 0.493 e. The molecule has 1 aromatic rings. The first-order valence-corrected chi connectivity index (χ1v) is 9.04. The van der Waals surface area contributed by atoms with Crippen molar-refractivity contribution in [2.75, 3.05) is 40.0 Å². The van der Waals surface area contributed by atoms with Crippen molar-refractivity contribution >= 4 is 11.8 Å².